The lowest BCUT2D eigenvalue weighted by molar-refractivity contribution is -0.0953. The maximum Gasteiger partial charge on any atom is 0.0700 e. The molecule has 2 fully saturated rings. The zero-order valence-electron chi connectivity index (χ0n) is 14.3. The van der Waals surface area contributed by atoms with Crippen molar-refractivity contribution in [2.24, 2.45) is 5.92 Å². The second-order valence-electron chi connectivity index (χ2n) is 7.57. The Morgan fingerprint density at radius 1 is 0.952 bits per heavy atom. The average molecular weight is 296 g/mol. The van der Waals surface area contributed by atoms with Crippen molar-refractivity contribution in [1.82, 2.24) is 4.90 Å². The minimum Gasteiger partial charge on any atom is -0.390 e. The standard InChI is InChI=1S/C19H37NO/c1-2-3-4-5-6-7-8-11-15-20-16-14-19(21)13-10-9-12-18(19)17-20/h18,21H,2-17H2,1H3. The van der Waals surface area contributed by atoms with Crippen LogP contribution in [0.4, 0.5) is 0 Å². The Kier molecular flexibility index (Phi) is 7.53. The van der Waals surface area contributed by atoms with Crippen molar-refractivity contribution >= 4 is 0 Å². The van der Waals surface area contributed by atoms with E-state index in [-0.39, 0.29) is 5.60 Å². The molecule has 1 N–H and O–H groups in total. The van der Waals surface area contributed by atoms with Gasteiger partial charge in [0.2, 0.25) is 0 Å². The Morgan fingerprint density at radius 2 is 1.67 bits per heavy atom. The van der Waals surface area contributed by atoms with Gasteiger partial charge < -0.3 is 10.0 Å². The van der Waals surface area contributed by atoms with Crippen LogP contribution < -0.4 is 0 Å². The second kappa shape index (κ2) is 9.15. The first-order chi connectivity index (χ1) is 10.2. The third kappa shape index (κ3) is 5.56. The van der Waals surface area contributed by atoms with Gasteiger partial charge in [0.05, 0.1) is 5.60 Å². The molecule has 1 aliphatic heterocycles. The highest BCUT2D eigenvalue weighted by Gasteiger charge is 2.42. The van der Waals surface area contributed by atoms with E-state index in [0.717, 1.165) is 25.9 Å². The number of piperidine rings is 1. The van der Waals surface area contributed by atoms with Crippen molar-refractivity contribution in [2.45, 2.75) is 96.0 Å². The Balaban J connectivity index is 1.52. The molecular formula is C19H37NO. The summed E-state index contributed by atoms with van der Waals surface area (Å²) in [7, 11) is 0. The third-order valence-corrected chi connectivity index (χ3v) is 5.84. The molecule has 1 aliphatic carbocycles. The Morgan fingerprint density at radius 3 is 2.43 bits per heavy atom. The number of aliphatic hydroxyl groups is 1. The number of nitrogens with zero attached hydrogens (tertiary/aromatic N) is 1. The van der Waals surface area contributed by atoms with Gasteiger partial charge in [-0.1, -0.05) is 64.7 Å². The molecule has 1 heterocycles. The molecule has 2 heteroatoms. The van der Waals surface area contributed by atoms with E-state index in [1.165, 1.54) is 77.2 Å². The third-order valence-electron chi connectivity index (χ3n) is 5.84. The van der Waals surface area contributed by atoms with Crippen LogP contribution in [0.5, 0.6) is 0 Å². The Bertz CT molecular complexity index is 281. The molecule has 21 heavy (non-hydrogen) atoms. The van der Waals surface area contributed by atoms with Gasteiger partial charge in [-0.25, -0.2) is 0 Å². The van der Waals surface area contributed by atoms with Crippen LogP contribution in [0.3, 0.4) is 0 Å². The van der Waals surface area contributed by atoms with Gasteiger partial charge in [0, 0.05) is 19.0 Å². The fourth-order valence-corrected chi connectivity index (χ4v) is 4.31. The molecule has 1 saturated heterocycles. The SMILES string of the molecule is CCCCCCCCCCN1CCC2(O)CCCCC2C1. The van der Waals surface area contributed by atoms with E-state index in [0.29, 0.717) is 5.92 Å². The molecule has 0 aromatic heterocycles. The van der Waals surface area contributed by atoms with Crippen LogP contribution in [0.15, 0.2) is 0 Å². The van der Waals surface area contributed by atoms with Crippen molar-refractivity contribution in [3.8, 4) is 0 Å². The summed E-state index contributed by atoms with van der Waals surface area (Å²) in [5.74, 6) is 0.564. The van der Waals surface area contributed by atoms with E-state index in [1.54, 1.807) is 0 Å². The molecule has 124 valence electrons. The molecule has 0 amide bonds. The molecule has 2 rings (SSSR count). The topological polar surface area (TPSA) is 23.5 Å². The van der Waals surface area contributed by atoms with Crippen LogP contribution in [-0.2, 0) is 0 Å². The van der Waals surface area contributed by atoms with Crippen molar-refractivity contribution in [3.05, 3.63) is 0 Å². The number of hydrogen-bond donors (Lipinski definition) is 1. The number of rotatable bonds is 9. The van der Waals surface area contributed by atoms with Gasteiger partial charge in [-0.3, -0.25) is 0 Å². The zero-order chi connectivity index (χ0) is 15.0. The van der Waals surface area contributed by atoms with Crippen molar-refractivity contribution < 1.29 is 5.11 Å². The first-order valence-electron chi connectivity index (χ1n) is 9.69. The van der Waals surface area contributed by atoms with Crippen LogP contribution in [-0.4, -0.2) is 35.2 Å². The lowest BCUT2D eigenvalue weighted by atomic mass is 9.71. The molecule has 2 atom stereocenters. The highest BCUT2D eigenvalue weighted by molar-refractivity contribution is 4.95. The van der Waals surface area contributed by atoms with Crippen molar-refractivity contribution in [2.75, 3.05) is 19.6 Å². The van der Waals surface area contributed by atoms with Gasteiger partial charge in [0.15, 0.2) is 0 Å². The summed E-state index contributed by atoms with van der Waals surface area (Å²) in [6.45, 7) is 5.84. The van der Waals surface area contributed by atoms with E-state index in [2.05, 4.69) is 11.8 Å². The van der Waals surface area contributed by atoms with Crippen LogP contribution in [0.1, 0.15) is 90.4 Å². The summed E-state index contributed by atoms with van der Waals surface area (Å²) in [6.07, 6.45) is 17.2. The van der Waals surface area contributed by atoms with Gasteiger partial charge in [-0.15, -0.1) is 0 Å². The molecule has 0 aromatic rings. The summed E-state index contributed by atoms with van der Waals surface area (Å²) in [5, 5.41) is 10.7. The van der Waals surface area contributed by atoms with Gasteiger partial charge in [-0.05, 0) is 32.2 Å². The summed E-state index contributed by atoms with van der Waals surface area (Å²) in [6, 6.07) is 0. The maximum atomic E-state index is 10.7. The fraction of sp³-hybridized carbons (Fsp3) is 1.00. The predicted molar refractivity (Wildman–Crippen MR) is 90.6 cm³/mol. The van der Waals surface area contributed by atoms with Crippen molar-refractivity contribution in [3.63, 3.8) is 0 Å². The molecular weight excluding hydrogens is 258 g/mol. The first-order valence-corrected chi connectivity index (χ1v) is 9.69. The van der Waals surface area contributed by atoms with Crippen LogP contribution in [0.25, 0.3) is 0 Å². The largest absolute Gasteiger partial charge is 0.390 e. The number of hydrogen-bond acceptors (Lipinski definition) is 2. The Labute approximate surface area is 132 Å². The van der Waals surface area contributed by atoms with E-state index < -0.39 is 0 Å². The molecule has 0 spiro atoms. The predicted octanol–water partition coefficient (Wildman–Crippen LogP) is 4.75. The van der Waals surface area contributed by atoms with Gasteiger partial charge in [0.1, 0.15) is 0 Å². The molecule has 2 aliphatic rings. The van der Waals surface area contributed by atoms with E-state index in [4.69, 9.17) is 0 Å². The lowest BCUT2D eigenvalue weighted by Crippen LogP contribution is -2.53. The van der Waals surface area contributed by atoms with E-state index in [9.17, 15) is 5.11 Å². The molecule has 0 aromatic carbocycles. The minimum atomic E-state index is -0.298. The smallest absolute Gasteiger partial charge is 0.0700 e. The summed E-state index contributed by atoms with van der Waals surface area (Å²) >= 11 is 0. The van der Waals surface area contributed by atoms with Crippen LogP contribution >= 0.6 is 0 Å². The monoisotopic (exact) mass is 295 g/mol. The minimum absolute atomic E-state index is 0.298. The molecule has 1 saturated carbocycles. The molecule has 2 nitrogen and oxygen atoms in total. The summed E-state index contributed by atoms with van der Waals surface area (Å²) < 4.78 is 0. The van der Waals surface area contributed by atoms with Crippen molar-refractivity contribution in [1.29, 1.82) is 0 Å². The van der Waals surface area contributed by atoms with Gasteiger partial charge in [-0.2, -0.15) is 0 Å². The zero-order valence-corrected chi connectivity index (χ0v) is 14.3. The number of fused-ring (bicyclic) bond motifs is 1. The summed E-state index contributed by atoms with van der Waals surface area (Å²) in [4.78, 5) is 2.63. The normalized spacial score (nSPS) is 30.3. The fourth-order valence-electron chi connectivity index (χ4n) is 4.31. The second-order valence-corrected chi connectivity index (χ2v) is 7.57. The van der Waals surface area contributed by atoms with Gasteiger partial charge >= 0.3 is 0 Å². The molecule has 2 unspecified atom stereocenters. The summed E-state index contributed by atoms with van der Waals surface area (Å²) in [5.41, 5.74) is -0.298. The van der Waals surface area contributed by atoms with Gasteiger partial charge in [0.25, 0.3) is 0 Å². The van der Waals surface area contributed by atoms with E-state index >= 15 is 0 Å². The average Bonchev–Trinajstić information content (AvgIpc) is 2.50. The highest BCUT2D eigenvalue weighted by Crippen LogP contribution is 2.39. The van der Waals surface area contributed by atoms with Crippen LogP contribution in [0.2, 0.25) is 0 Å². The van der Waals surface area contributed by atoms with E-state index in [1.807, 2.05) is 0 Å². The van der Waals surface area contributed by atoms with Crippen LogP contribution in [0, 0.1) is 5.92 Å². The first kappa shape index (κ1) is 17.3. The highest BCUT2D eigenvalue weighted by atomic mass is 16.3. The molecule has 0 radical (unpaired) electrons. The lowest BCUT2D eigenvalue weighted by Gasteiger charge is -2.47. The quantitative estimate of drug-likeness (QED) is 0.620. The number of unbranched alkanes of at least 4 members (excludes halogenated alkanes) is 7. The Hall–Kier alpha value is -0.0800. The number of likely N-dealkylation sites (tertiary alicyclic amines) is 1. The maximum absolute atomic E-state index is 10.7. The molecule has 0 bridgehead atoms.